The van der Waals surface area contributed by atoms with Gasteiger partial charge in [0.15, 0.2) is 9.84 Å². The van der Waals surface area contributed by atoms with Crippen molar-refractivity contribution in [2.45, 2.75) is 23.8 Å². The Hall–Kier alpha value is -1.42. The fourth-order valence-corrected chi connectivity index (χ4v) is 3.81. The molecule has 20 heavy (non-hydrogen) atoms. The molecule has 1 heterocycles. The molecule has 1 aliphatic rings. The monoisotopic (exact) mass is 294 g/mol. The average molecular weight is 294 g/mol. The number of rotatable bonds is 5. The van der Waals surface area contributed by atoms with E-state index in [-0.39, 0.29) is 23.3 Å². The normalized spacial score (nSPS) is 19.9. The molecule has 1 N–H and O–H groups in total. The molecule has 1 fully saturated rings. The molecular formula is C14H18N2O3S. The largest absolute Gasteiger partial charge is 0.395 e. The van der Waals surface area contributed by atoms with Gasteiger partial charge in [0.2, 0.25) is 0 Å². The lowest BCUT2D eigenvalue weighted by Crippen LogP contribution is -2.35. The van der Waals surface area contributed by atoms with Crippen LogP contribution in [0.3, 0.4) is 0 Å². The van der Waals surface area contributed by atoms with E-state index in [0.29, 0.717) is 12.1 Å². The van der Waals surface area contributed by atoms with E-state index in [1.807, 2.05) is 11.0 Å². The van der Waals surface area contributed by atoms with Gasteiger partial charge < -0.3 is 5.11 Å². The lowest BCUT2D eigenvalue weighted by Gasteiger charge is -2.22. The molecule has 6 heteroatoms. The first kappa shape index (κ1) is 15.0. The summed E-state index contributed by atoms with van der Waals surface area (Å²) in [6.07, 6.45) is 1.91. The predicted octanol–water partition coefficient (Wildman–Crippen LogP) is 0.789. The Morgan fingerprint density at radius 2 is 2.25 bits per heavy atom. The molecule has 108 valence electrons. The van der Waals surface area contributed by atoms with Crippen LogP contribution in [0.2, 0.25) is 0 Å². The number of hydrogen-bond donors (Lipinski definition) is 1. The first-order valence-electron chi connectivity index (χ1n) is 6.64. The summed E-state index contributed by atoms with van der Waals surface area (Å²) in [5.74, 6) is 0.0123. The van der Waals surface area contributed by atoms with Crippen molar-refractivity contribution >= 4 is 9.84 Å². The minimum Gasteiger partial charge on any atom is -0.395 e. The van der Waals surface area contributed by atoms with E-state index in [2.05, 4.69) is 0 Å². The minimum absolute atomic E-state index is 0.0123. The first-order valence-corrected chi connectivity index (χ1v) is 8.30. The summed E-state index contributed by atoms with van der Waals surface area (Å²) in [4.78, 5) is 2.21. The third kappa shape index (κ3) is 3.37. The molecule has 0 saturated carbocycles. The molecule has 2 rings (SSSR count). The second kappa shape index (κ2) is 6.35. The van der Waals surface area contributed by atoms with Gasteiger partial charge in [0.05, 0.1) is 28.9 Å². The first-order chi connectivity index (χ1) is 9.56. The zero-order chi connectivity index (χ0) is 14.6. The highest BCUT2D eigenvalue weighted by Gasteiger charge is 2.25. The minimum atomic E-state index is -3.39. The quantitative estimate of drug-likeness (QED) is 0.868. The van der Waals surface area contributed by atoms with E-state index < -0.39 is 9.84 Å². The maximum Gasteiger partial charge on any atom is 0.179 e. The fraction of sp³-hybridized carbons (Fsp3) is 0.500. The van der Waals surface area contributed by atoms with Gasteiger partial charge in [-0.2, -0.15) is 5.26 Å². The van der Waals surface area contributed by atoms with Crippen LogP contribution < -0.4 is 0 Å². The summed E-state index contributed by atoms with van der Waals surface area (Å²) in [6.45, 7) is 1.33. The van der Waals surface area contributed by atoms with Crippen molar-refractivity contribution in [2.75, 3.05) is 25.4 Å². The van der Waals surface area contributed by atoms with Gasteiger partial charge in [-0.3, -0.25) is 4.90 Å². The van der Waals surface area contributed by atoms with Crippen LogP contribution in [0.1, 0.15) is 18.4 Å². The van der Waals surface area contributed by atoms with Crippen LogP contribution in [-0.2, 0) is 9.84 Å². The van der Waals surface area contributed by atoms with Crippen LogP contribution in [-0.4, -0.2) is 49.9 Å². The van der Waals surface area contributed by atoms with E-state index in [1.54, 1.807) is 12.1 Å². The van der Waals surface area contributed by atoms with Crippen LogP contribution in [0.15, 0.2) is 29.2 Å². The number of sulfone groups is 1. The van der Waals surface area contributed by atoms with Gasteiger partial charge >= 0.3 is 0 Å². The molecule has 0 amide bonds. The highest BCUT2D eigenvalue weighted by Crippen LogP contribution is 2.18. The SMILES string of the molecule is N#Cc1cccc(S(=O)(=O)CCN2CCCC2CO)c1. The van der Waals surface area contributed by atoms with Gasteiger partial charge in [-0.1, -0.05) is 6.07 Å². The number of hydrogen-bond acceptors (Lipinski definition) is 5. The van der Waals surface area contributed by atoms with E-state index in [9.17, 15) is 13.5 Å². The van der Waals surface area contributed by atoms with E-state index in [1.165, 1.54) is 12.1 Å². The van der Waals surface area contributed by atoms with Crippen LogP contribution >= 0.6 is 0 Å². The molecule has 1 aliphatic heterocycles. The van der Waals surface area contributed by atoms with Gasteiger partial charge in [0.25, 0.3) is 0 Å². The van der Waals surface area contributed by atoms with Crippen molar-refractivity contribution in [3.63, 3.8) is 0 Å². The van der Waals surface area contributed by atoms with E-state index >= 15 is 0 Å². The Kier molecular flexibility index (Phi) is 4.76. The molecule has 5 nitrogen and oxygen atoms in total. The van der Waals surface area contributed by atoms with Gasteiger partial charge in [-0.25, -0.2) is 8.42 Å². The molecule has 0 radical (unpaired) electrons. The molecule has 1 aromatic rings. The molecule has 1 unspecified atom stereocenters. The number of aliphatic hydroxyl groups is 1. The zero-order valence-electron chi connectivity index (χ0n) is 11.2. The second-order valence-corrected chi connectivity index (χ2v) is 7.08. The lowest BCUT2D eigenvalue weighted by atomic mass is 10.2. The Labute approximate surface area is 119 Å². The highest BCUT2D eigenvalue weighted by atomic mass is 32.2. The molecule has 0 aromatic heterocycles. The molecule has 0 bridgehead atoms. The summed E-state index contributed by atoms with van der Waals surface area (Å²) >= 11 is 0. The fourth-order valence-electron chi connectivity index (χ4n) is 2.51. The summed E-state index contributed by atoms with van der Waals surface area (Å²) in [7, 11) is -3.39. The van der Waals surface area contributed by atoms with Crippen LogP contribution in [0.5, 0.6) is 0 Å². The number of benzene rings is 1. The average Bonchev–Trinajstić information content (AvgIpc) is 2.93. The Morgan fingerprint density at radius 3 is 2.95 bits per heavy atom. The number of likely N-dealkylation sites (tertiary alicyclic amines) is 1. The zero-order valence-corrected chi connectivity index (χ0v) is 12.0. The van der Waals surface area contributed by atoms with Crippen molar-refractivity contribution < 1.29 is 13.5 Å². The van der Waals surface area contributed by atoms with Crippen molar-refractivity contribution in [3.8, 4) is 6.07 Å². The molecule has 0 aliphatic carbocycles. The third-order valence-corrected chi connectivity index (χ3v) is 5.37. The van der Waals surface area contributed by atoms with Crippen LogP contribution in [0.25, 0.3) is 0 Å². The smallest absolute Gasteiger partial charge is 0.179 e. The van der Waals surface area contributed by atoms with Crippen molar-refractivity contribution in [2.24, 2.45) is 0 Å². The van der Waals surface area contributed by atoms with Crippen molar-refractivity contribution in [3.05, 3.63) is 29.8 Å². The molecule has 0 spiro atoms. The Morgan fingerprint density at radius 1 is 1.45 bits per heavy atom. The van der Waals surface area contributed by atoms with Gasteiger partial charge in [-0.15, -0.1) is 0 Å². The number of aliphatic hydroxyl groups excluding tert-OH is 1. The summed E-state index contributed by atoms with van der Waals surface area (Å²) in [6, 6.07) is 8.11. The van der Waals surface area contributed by atoms with Crippen LogP contribution in [0, 0.1) is 11.3 Å². The second-order valence-electron chi connectivity index (χ2n) is 4.97. The topological polar surface area (TPSA) is 81.4 Å². The maximum atomic E-state index is 12.3. The Balaban J connectivity index is 2.06. The van der Waals surface area contributed by atoms with E-state index in [0.717, 1.165) is 19.4 Å². The van der Waals surface area contributed by atoms with Gasteiger partial charge in [-0.05, 0) is 37.6 Å². The summed E-state index contributed by atoms with van der Waals surface area (Å²) in [5.41, 5.74) is 0.348. The van der Waals surface area contributed by atoms with Crippen LogP contribution in [0.4, 0.5) is 0 Å². The van der Waals surface area contributed by atoms with Gasteiger partial charge in [0.1, 0.15) is 0 Å². The molecule has 1 saturated heterocycles. The number of nitriles is 1. The number of nitrogens with zero attached hydrogens (tertiary/aromatic N) is 2. The summed E-state index contributed by atoms with van der Waals surface area (Å²) < 4.78 is 24.5. The van der Waals surface area contributed by atoms with E-state index in [4.69, 9.17) is 5.26 Å². The summed E-state index contributed by atoms with van der Waals surface area (Å²) in [5, 5.41) is 18.0. The highest BCUT2D eigenvalue weighted by molar-refractivity contribution is 7.91. The molecular weight excluding hydrogens is 276 g/mol. The lowest BCUT2D eigenvalue weighted by molar-refractivity contribution is 0.165. The standard InChI is InChI=1S/C14H18N2O3S/c15-10-12-3-1-5-14(9-12)20(18,19)8-7-16-6-2-4-13(16)11-17/h1,3,5,9,13,17H,2,4,6-8,11H2. The van der Waals surface area contributed by atoms with Gasteiger partial charge in [0, 0.05) is 12.6 Å². The van der Waals surface area contributed by atoms with Crippen molar-refractivity contribution in [1.82, 2.24) is 4.90 Å². The van der Waals surface area contributed by atoms with Crippen molar-refractivity contribution in [1.29, 1.82) is 5.26 Å². The maximum absolute atomic E-state index is 12.3. The third-order valence-electron chi connectivity index (χ3n) is 3.68. The molecule has 1 atom stereocenters. The predicted molar refractivity (Wildman–Crippen MR) is 74.9 cm³/mol. The Bertz CT molecular complexity index is 607. The molecule has 1 aromatic carbocycles.